The molecule has 5 heteroatoms. The minimum atomic E-state index is 0.916. The molecular weight excluding hydrogens is 190 g/mol. The molecule has 0 spiro atoms. The van der Waals surface area contributed by atoms with Gasteiger partial charge in [0.1, 0.15) is 5.84 Å². The second-order valence-electron chi connectivity index (χ2n) is 4.20. The van der Waals surface area contributed by atoms with E-state index in [1.807, 2.05) is 6.92 Å². The van der Waals surface area contributed by atoms with Crippen LogP contribution in [-0.2, 0) is 0 Å². The maximum atomic E-state index is 4.26. The molecule has 1 saturated heterocycles. The third kappa shape index (κ3) is 2.76. The van der Waals surface area contributed by atoms with Gasteiger partial charge in [0.25, 0.3) is 0 Å². The van der Waals surface area contributed by atoms with Crippen molar-refractivity contribution in [1.29, 1.82) is 0 Å². The normalized spacial score (nSPS) is 23.7. The molecule has 0 amide bonds. The molecule has 0 aromatic carbocycles. The molecule has 1 N–H and O–H groups in total. The zero-order chi connectivity index (χ0) is 10.7. The molecule has 2 rings (SSSR count). The zero-order valence-corrected chi connectivity index (χ0v) is 9.53. The fraction of sp³-hybridized carbons (Fsp3) is 0.800. The lowest BCUT2D eigenvalue weighted by Gasteiger charge is -2.29. The van der Waals surface area contributed by atoms with Crippen molar-refractivity contribution in [2.75, 3.05) is 46.3 Å². The van der Waals surface area contributed by atoms with Gasteiger partial charge >= 0.3 is 0 Å². The first-order valence-corrected chi connectivity index (χ1v) is 5.50. The molecular formula is C10H19N5. The highest BCUT2D eigenvalue weighted by atomic mass is 15.3. The number of nitrogens with one attached hydrogen (secondary N) is 1. The van der Waals surface area contributed by atoms with Crippen LogP contribution < -0.4 is 5.32 Å². The van der Waals surface area contributed by atoms with E-state index in [0.717, 1.165) is 45.1 Å². The predicted molar refractivity (Wildman–Crippen MR) is 62.5 cm³/mol. The van der Waals surface area contributed by atoms with E-state index in [2.05, 4.69) is 32.4 Å². The highest BCUT2D eigenvalue weighted by Gasteiger charge is 2.16. The fourth-order valence-electron chi connectivity index (χ4n) is 1.85. The quantitative estimate of drug-likeness (QED) is 0.673. The molecule has 0 aromatic heterocycles. The monoisotopic (exact) mass is 209 g/mol. The fourth-order valence-corrected chi connectivity index (χ4v) is 1.85. The van der Waals surface area contributed by atoms with Crippen molar-refractivity contribution in [3.8, 4) is 0 Å². The van der Waals surface area contributed by atoms with Crippen molar-refractivity contribution in [3.05, 3.63) is 0 Å². The van der Waals surface area contributed by atoms with Crippen LogP contribution in [0.5, 0.6) is 0 Å². The lowest BCUT2D eigenvalue weighted by atomic mass is 10.2. The second-order valence-corrected chi connectivity index (χ2v) is 4.20. The summed E-state index contributed by atoms with van der Waals surface area (Å²) >= 11 is 0. The molecule has 2 aliphatic heterocycles. The van der Waals surface area contributed by atoms with Gasteiger partial charge in [-0.25, -0.2) is 0 Å². The number of amidine groups is 1. The third-order valence-corrected chi connectivity index (χ3v) is 2.92. The molecule has 2 heterocycles. The van der Waals surface area contributed by atoms with E-state index in [1.165, 1.54) is 5.71 Å². The summed E-state index contributed by atoms with van der Waals surface area (Å²) in [7, 11) is 2.06. The Morgan fingerprint density at radius 1 is 1.27 bits per heavy atom. The Morgan fingerprint density at radius 3 is 2.67 bits per heavy atom. The second kappa shape index (κ2) is 4.72. The van der Waals surface area contributed by atoms with Gasteiger partial charge < -0.3 is 10.2 Å². The Hall–Kier alpha value is -0.940. The highest BCUT2D eigenvalue weighted by molar-refractivity contribution is 5.94. The summed E-state index contributed by atoms with van der Waals surface area (Å²) in [5.41, 5.74) is 1.17. The third-order valence-electron chi connectivity index (χ3n) is 2.92. The smallest absolute Gasteiger partial charge is 0.124 e. The van der Waals surface area contributed by atoms with Gasteiger partial charge in [0.15, 0.2) is 0 Å². The lowest BCUT2D eigenvalue weighted by Crippen LogP contribution is -2.47. The van der Waals surface area contributed by atoms with Crippen LogP contribution in [0.2, 0.25) is 0 Å². The van der Waals surface area contributed by atoms with Gasteiger partial charge in [0.2, 0.25) is 0 Å². The molecule has 0 atom stereocenters. The summed E-state index contributed by atoms with van der Waals surface area (Å²) < 4.78 is 0. The zero-order valence-electron chi connectivity index (χ0n) is 9.53. The summed E-state index contributed by atoms with van der Waals surface area (Å²) in [4.78, 5) is 4.57. The minimum absolute atomic E-state index is 0.916. The standard InChI is InChI=1S/C10H19N5/c1-9-12-13-10(7-14(9)2)8-15-5-3-11-4-6-15/h11H,3-8H2,1-2H3. The van der Waals surface area contributed by atoms with Crippen molar-refractivity contribution in [3.63, 3.8) is 0 Å². The average Bonchev–Trinajstić information content (AvgIpc) is 2.25. The van der Waals surface area contributed by atoms with Crippen LogP contribution in [0.4, 0.5) is 0 Å². The number of hydrogen-bond donors (Lipinski definition) is 1. The van der Waals surface area contributed by atoms with E-state index in [1.54, 1.807) is 0 Å². The molecule has 0 aromatic rings. The summed E-state index contributed by atoms with van der Waals surface area (Å²) in [6.07, 6.45) is 0. The van der Waals surface area contributed by atoms with Crippen LogP contribution in [0.25, 0.3) is 0 Å². The molecule has 0 unspecified atom stereocenters. The van der Waals surface area contributed by atoms with E-state index in [4.69, 9.17) is 0 Å². The topological polar surface area (TPSA) is 43.2 Å². The highest BCUT2D eigenvalue weighted by Crippen LogP contribution is 2.01. The van der Waals surface area contributed by atoms with E-state index >= 15 is 0 Å². The van der Waals surface area contributed by atoms with Crippen molar-refractivity contribution >= 4 is 11.5 Å². The van der Waals surface area contributed by atoms with Gasteiger partial charge in [-0.3, -0.25) is 4.90 Å². The molecule has 0 bridgehead atoms. The molecule has 2 aliphatic rings. The molecule has 0 radical (unpaired) electrons. The van der Waals surface area contributed by atoms with Crippen LogP contribution in [-0.4, -0.2) is 67.7 Å². The molecule has 1 fully saturated rings. The summed E-state index contributed by atoms with van der Waals surface area (Å²) in [6, 6.07) is 0. The Morgan fingerprint density at radius 2 is 2.00 bits per heavy atom. The summed E-state index contributed by atoms with van der Waals surface area (Å²) in [6.45, 7) is 8.28. The van der Waals surface area contributed by atoms with Crippen LogP contribution in [0.15, 0.2) is 10.2 Å². The van der Waals surface area contributed by atoms with E-state index in [9.17, 15) is 0 Å². The molecule has 5 nitrogen and oxygen atoms in total. The SMILES string of the molecule is CC1=NN=C(CN2CCNCC2)CN1C. The van der Waals surface area contributed by atoms with Gasteiger partial charge in [-0.2, -0.15) is 5.10 Å². The maximum Gasteiger partial charge on any atom is 0.124 e. The molecule has 0 saturated carbocycles. The summed E-state index contributed by atoms with van der Waals surface area (Å²) in [5, 5.41) is 11.8. The van der Waals surface area contributed by atoms with Gasteiger partial charge in [-0.1, -0.05) is 0 Å². The molecule has 0 aliphatic carbocycles. The van der Waals surface area contributed by atoms with Crippen molar-refractivity contribution in [2.45, 2.75) is 6.92 Å². The van der Waals surface area contributed by atoms with Crippen LogP contribution in [0.3, 0.4) is 0 Å². The first-order valence-electron chi connectivity index (χ1n) is 5.50. The van der Waals surface area contributed by atoms with Crippen molar-refractivity contribution in [2.24, 2.45) is 10.2 Å². The Kier molecular flexibility index (Phi) is 3.33. The van der Waals surface area contributed by atoms with Crippen molar-refractivity contribution in [1.82, 2.24) is 15.1 Å². The average molecular weight is 209 g/mol. The van der Waals surface area contributed by atoms with Gasteiger partial charge in [0.05, 0.1) is 12.3 Å². The Balaban J connectivity index is 1.89. The van der Waals surface area contributed by atoms with E-state index < -0.39 is 0 Å². The van der Waals surface area contributed by atoms with E-state index in [-0.39, 0.29) is 0 Å². The molecule has 84 valence electrons. The van der Waals surface area contributed by atoms with Crippen LogP contribution in [0, 0.1) is 0 Å². The largest absolute Gasteiger partial charge is 0.356 e. The lowest BCUT2D eigenvalue weighted by molar-refractivity contribution is 0.269. The van der Waals surface area contributed by atoms with Gasteiger partial charge in [0, 0.05) is 39.8 Å². The van der Waals surface area contributed by atoms with Gasteiger partial charge in [-0.15, -0.1) is 5.10 Å². The van der Waals surface area contributed by atoms with E-state index in [0.29, 0.717) is 0 Å². The Bertz CT molecular complexity index is 278. The summed E-state index contributed by atoms with van der Waals surface area (Å²) in [5.74, 6) is 0.999. The predicted octanol–water partition coefficient (Wildman–Crippen LogP) is -0.389. The first-order chi connectivity index (χ1) is 7.25. The van der Waals surface area contributed by atoms with Gasteiger partial charge in [-0.05, 0) is 6.92 Å². The van der Waals surface area contributed by atoms with Crippen molar-refractivity contribution < 1.29 is 0 Å². The van der Waals surface area contributed by atoms with Crippen LogP contribution in [0.1, 0.15) is 6.92 Å². The maximum absolute atomic E-state index is 4.26. The number of rotatable bonds is 2. The number of hydrogen-bond acceptors (Lipinski definition) is 5. The minimum Gasteiger partial charge on any atom is -0.356 e. The molecule has 15 heavy (non-hydrogen) atoms. The number of nitrogens with zero attached hydrogens (tertiary/aromatic N) is 4. The number of piperazine rings is 1. The first kappa shape index (κ1) is 10.6. The Labute approximate surface area is 90.8 Å². The van der Waals surface area contributed by atoms with Crippen LogP contribution >= 0.6 is 0 Å².